The van der Waals surface area contributed by atoms with Crippen LogP contribution >= 0.6 is 0 Å². The van der Waals surface area contributed by atoms with Crippen LogP contribution in [0.15, 0.2) is 23.1 Å². The van der Waals surface area contributed by atoms with E-state index in [0.29, 0.717) is 13.2 Å². The summed E-state index contributed by atoms with van der Waals surface area (Å²) in [6, 6.07) is 4.06. The first-order valence-electron chi connectivity index (χ1n) is 7.71. The molecule has 0 bridgehead atoms. The lowest BCUT2D eigenvalue weighted by Crippen LogP contribution is -2.55. The molecule has 24 heavy (non-hydrogen) atoms. The Hall–Kier alpha value is -1.55. The maximum Gasteiger partial charge on any atom is 0.273 e. The van der Waals surface area contributed by atoms with Crippen LogP contribution in [0.3, 0.4) is 0 Å². The summed E-state index contributed by atoms with van der Waals surface area (Å²) in [4.78, 5) is 12.5. The second-order valence-corrected chi connectivity index (χ2v) is 8.13. The van der Waals surface area contributed by atoms with Crippen molar-refractivity contribution >= 4 is 15.7 Å². The Kier molecular flexibility index (Phi) is 5.59. The van der Waals surface area contributed by atoms with Crippen molar-refractivity contribution in [2.45, 2.75) is 31.2 Å². The minimum Gasteiger partial charge on any atom is -0.379 e. The summed E-state index contributed by atoms with van der Waals surface area (Å²) >= 11 is 0. The lowest BCUT2D eigenvalue weighted by molar-refractivity contribution is -0.385. The number of sulfonamides is 1. The first-order chi connectivity index (χ1) is 11.1. The molecule has 0 radical (unpaired) electrons. The predicted molar refractivity (Wildman–Crippen MR) is 89.5 cm³/mol. The van der Waals surface area contributed by atoms with Crippen molar-refractivity contribution in [1.82, 2.24) is 9.62 Å². The molecule has 0 saturated carbocycles. The molecule has 0 aliphatic carbocycles. The van der Waals surface area contributed by atoms with Crippen LogP contribution in [0, 0.1) is 17.0 Å². The number of hydrogen-bond acceptors (Lipinski definition) is 6. The average molecular weight is 357 g/mol. The van der Waals surface area contributed by atoms with Gasteiger partial charge < -0.3 is 4.74 Å². The van der Waals surface area contributed by atoms with Gasteiger partial charge in [0, 0.05) is 36.8 Å². The van der Waals surface area contributed by atoms with Crippen LogP contribution in [0.1, 0.15) is 19.4 Å². The molecule has 9 heteroatoms. The highest BCUT2D eigenvalue weighted by Crippen LogP contribution is 2.25. The maximum atomic E-state index is 12.6. The molecule has 1 aliphatic rings. The van der Waals surface area contributed by atoms with Crippen LogP contribution < -0.4 is 4.72 Å². The number of morpholine rings is 1. The van der Waals surface area contributed by atoms with Gasteiger partial charge in [0.1, 0.15) is 0 Å². The van der Waals surface area contributed by atoms with E-state index in [1.807, 2.05) is 13.8 Å². The third-order valence-electron chi connectivity index (χ3n) is 4.30. The number of nitrogens with one attached hydrogen (secondary N) is 1. The largest absolute Gasteiger partial charge is 0.379 e. The molecule has 0 amide bonds. The Labute approximate surface area is 142 Å². The fraction of sp³-hybridized carbons (Fsp3) is 0.600. The molecule has 0 unspecified atom stereocenters. The van der Waals surface area contributed by atoms with Crippen molar-refractivity contribution in [3.63, 3.8) is 0 Å². The van der Waals surface area contributed by atoms with Gasteiger partial charge >= 0.3 is 0 Å². The van der Waals surface area contributed by atoms with E-state index < -0.39 is 14.9 Å². The van der Waals surface area contributed by atoms with Crippen LogP contribution in [-0.4, -0.2) is 56.6 Å². The number of ether oxygens (including phenoxy) is 1. The van der Waals surface area contributed by atoms with Gasteiger partial charge in [0.15, 0.2) is 0 Å². The highest BCUT2D eigenvalue weighted by molar-refractivity contribution is 7.89. The number of nitrogens with zero attached hydrogens (tertiary/aromatic N) is 2. The molecule has 0 atom stereocenters. The molecule has 134 valence electrons. The first-order valence-corrected chi connectivity index (χ1v) is 9.20. The summed E-state index contributed by atoms with van der Waals surface area (Å²) in [7, 11) is -3.83. The molecule has 1 fully saturated rings. The molecular formula is C15H23N3O5S. The minimum absolute atomic E-state index is 0.0607. The molecule has 1 aromatic rings. The quantitative estimate of drug-likeness (QED) is 0.608. The summed E-state index contributed by atoms with van der Waals surface area (Å²) < 4.78 is 33.1. The van der Waals surface area contributed by atoms with E-state index in [1.165, 1.54) is 25.1 Å². The third-order valence-corrected chi connectivity index (χ3v) is 5.85. The van der Waals surface area contributed by atoms with E-state index in [4.69, 9.17) is 4.74 Å². The van der Waals surface area contributed by atoms with Crippen LogP contribution in [0.5, 0.6) is 0 Å². The molecule has 0 spiro atoms. The van der Waals surface area contributed by atoms with Crippen LogP contribution in [0.2, 0.25) is 0 Å². The van der Waals surface area contributed by atoms with E-state index in [1.54, 1.807) is 0 Å². The maximum absolute atomic E-state index is 12.6. The van der Waals surface area contributed by atoms with Gasteiger partial charge in [0.2, 0.25) is 10.0 Å². The standard InChI is InChI=1S/C15H23N3O5S/c1-12-13(18(19)20)5-4-6-14(12)24(21,22)16-11-15(2,3)17-7-9-23-10-8-17/h4-6,16H,7-11H2,1-3H3. The fourth-order valence-corrected chi connectivity index (χ4v) is 4.19. The lowest BCUT2D eigenvalue weighted by atomic mass is 10.0. The molecule has 1 N–H and O–H groups in total. The zero-order valence-corrected chi connectivity index (χ0v) is 14.9. The second kappa shape index (κ2) is 7.14. The highest BCUT2D eigenvalue weighted by atomic mass is 32.2. The van der Waals surface area contributed by atoms with Gasteiger partial charge in [0.05, 0.1) is 23.0 Å². The molecule has 1 aliphatic heterocycles. The van der Waals surface area contributed by atoms with E-state index in [2.05, 4.69) is 9.62 Å². The summed E-state index contributed by atoms with van der Waals surface area (Å²) in [5.41, 5.74) is -0.449. The molecule has 1 heterocycles. The smallest absolute Gasteiger partial charge is 0.273 e. The first kappa shape index (κ1) is 18.8. The second-order valence-electron chi connectivity index (χ2n) is 6.39. The minimum atomic E-state index is -3.83. The molecule has 8 nitrogen and oxygen atoms in total. The van der Waals surface area contributed by atoms with Crippen molar-refractivity contribution in [2.75, 3.05) is 32.8 Å². The summed E-state index contributed by atoms with van der Waals surface area (Å²) in [6.07, 6.45) is 0. The predicted octanol–water partition coefficient (Wildman–Crippen LogP) is 1.29. The van der Waals surface area contributed by atoms with Crippen LogP contribution in [-0.2, 0) is 14.8 Å². The summed E-state index contributed by atoms with van der Waals surface area (Å²) in [6.45, 7) is 8.30. The topological polar surface area (TPSA) is 102 Å². The normalized spacial score (nSPS) is 17.0. The Morgan fingerprint density at radius 3 is 2.54 bits per heavy atom. The number of nitro benzene ring substituents is 1. The highest BCUT2D eigenvalue weighted by Gasteiger charge is 2.31. The summed E-state index contributed by atoms with van der Waals surface area (Å²) in [5.74, 6) is 0. The van der Waals surface area contributed by atoms with E-state index in [0.717, 1.165) is 13.1 Å². The summed E-state index contributed by atoms with van der Waals surface area (Å²) in [5, 5.41) is 11.0. The Bertz CT molecular complexity index is 712. The number of rotatable bonds is 6. The van der Waals surface area contributed by atoms with Crippen molar-refractivity contribution in [1.29, 1.82) is 0 Å². The Balaban J connectivity index is 2.17. The molecule has 0 aromatic heterocycles. The monoisotopic (exact) mass is 357 g/mol. The SMILES string of the molecule is Cc1c([N+](=O)[O-])cccc1S(=O)(=O)NCC(C)(C)N1CCOCC1. The van der Waals surface area contributed by atoms with Crippen molar-refractivity contribution < 1.29 is 18.1 Å². The Morgan fingerprint density at radius 2 is 1.96 bits per heavy atom. The van der Waals surface area contributed by atoms with Crippen molar-refractivity contribution in [3.8, 4) is 0 Å². The van der Waals surface area contributed by atoms with Gasteiger partial charge in [-0.2, -0.15) is 0 Å². The number of benzene rings is 1. The average Bonchev–Trinajstić information content (AvgIpc) is 2.54. The molecule has 1 aromatic carbocycles. The van der Waals surface area contributed by atoms with Gasteiger partial charge in [-0.25, -0.2) is 13.1 Å². The molecule has 2 rings (SSSR count). The van der Waals surface area contributed by atoms with E-state index in [-0.39, 0.29) is 28.2 Å². The fourth-order valence-electron chi connectivity index (χ4n) is 2.72. The third kappa shape index (κ3) is 4.10. The van der Waals surface area contributed by atoms with Crippen LogP contribution in [0.25, 0.3) is 0 Å². The number of hydrogen-bond donors (Lipinski definition) is 1. The van der Waals surface area contributed by atoms with Gasteiger partial charge in [-0.15, -0.1) is 0 Å². The lowest BCUT2D eigenvalue weighted by Gasteiger charge is -2.40. The van der Waals surface area contributed by atoms with Crippen molar-refractivity contribution in [2.24, 2.45) is 0 Å². The van der Waals surface area contributed by atoms with Gasteiger partial charge in [-0.3, -0.25) is 15.0 Å². The molecular weight excluding hydrogens is 334 g/mol. The number of nitro groups is 1. The van der Waals surface area contributed by atoms with Crippen LogP contribution in [0.4, 0.5) is 5.69 Å². The van der Waals surface area contributed by atoms with Gasteiger partial charge in [0.25, 0.3) is 5.69 Å². The van der Waals surface area contributed by atoms with Crippen molar-refractivity contribution in [3.05, 3.63) is 33.9 Å². The van der Waals surface area contributed by atoms with Gasteiger partial charge in [-0.05, 0) is 26.8 Å². The zero-order valence-electron chi connectivity index (χ0n) is 14.1. The van der Waals surface area contributed by atoms with E-state index >= 15 is 0 Å². The molecule has 1 saturated heterocycles. The van der Waals surface area contributed by atoms with Gasteiger partial charge in [-0.1, -0.05) is 6.07 Å². The van der Waals surface area contributed by atoms with E-state index in [9.17, 15) is 18.5 Å². The zero-order chi connectivity index (χ0) is 18.0. The Morgan fingerprint density at radius 1 is 1.33 bits per heavy atom.